The van der Waals surface area contributed by atoms with E-state index in [1.165, 1.54) is 46.0 Å². The average molecular weight is 448 g/mol. The van der Waals surface area contributed by atoms with Crippen LogP contribution in [0, 0.1) is 0 Å². The van der Waals surface area contributed by atoms with Gasteiger partial charge in [-0.05, 0) is 42.5 Å². The van der Waals surface area contributed by atoms with Gasteiger partial charge in [-0.1, -0.05) is 29.8 Å². The third-order valence-corrected chi connectivity index (χ3v) is 8.26. The van der Waals surface area contributed by atoms with E-state index >= 15 is 0 Å². The van der Waals surface area contributed by atoms with E-state index < -0.39 is 10.0 Å². The lowest BCUT2D eigenvalue weighted by molar-refractivity contribution is 0.0730. The van der Waals surface area contributed by atoms with Gasteiger partial charge in [0.15, 0.2) is 5.78 Å². The molecule has 0 bridgehead atoms. The fourth-order valence-corrected chi connectivity index (χ4v) is 5.92. The van der Waals surface area contributed by atoms with Crippen LogP contribution in [0.25, 0.3) is 16.2 Å². The Balaban J connectivity index is 1.52. The van der Waals surface area contributed by atoms with Crippen molar-refractivity contribution in [2.45, 2.75) is 4.90 Å². The van der Waals surface area contributed by atoms with Gasteiger partial charge in [0.25, 0.3) is 0 Å². The molecule has 0 saturated carbocycles. The molecule has 1 aliphatic rings. The van der Waals surface area contributed by atoms with Gasteiger partial charge in [0.05, 0.1) is 23.1 Å². The number of halogens is 1. The molecule has 2 aromatic carbocycles. The summed E-state index contributed by atoms with van der Waals surface area (Å²) in [5.74, 6) is -0.214. The number of hydrogen-bond donors (Lipinski definition) is 0. The Bertz CT molecular complexity index is 1180. The van der Waals surface area contributed by atoms with E-state index in [1.807, 2.05) is 24.3 Å². The third kappa shape index (κ3) is 4.15. The number of ketones is 1. The summed E-state index contributed by atoms with van der Waals surface area (Å²) in [6.07, 6.45) is 3.16. The molecule has 0 unspecified atom stereocenters. The van der Waals surface area contributed by atoms with Crippen LogP contribution in [-0.2, 0) is 14.8 Å². The smallest absolute Gasteiger partial charge is 0.243 e. The van der Waals surface area contributed by atoms with Crippen molar-refractivity contribution >= 4 is 54.9 Å². The molecule has 0 radical (unpaired) electrons. The van der Waals surface area contributed by atoms with Crippen molar-refractivity contribution < 1.29 is 17.9 Å². The number of rotatable bonds is 5. The zero-order valence-corrected chi connectivity index (χ0v) is 17.8. The summed E-state index contributed by atoms with van der Waals surface area (Å²) >= 11 is 7.92. The number of carbonyl (C=O) groups is 1. The summed E-state index contributed by atoms with van der Waals surface area (Å²) in [6, 6.07) is 13.8. The van der Waals surface area contributed by atoms with E-state index in [2.05, 4.69) is 0 Å². The van der Waals surface area contributed by atoms with Crippen LogP contribution in [0.2, 0.25) is 5.02 Å². The lowest BCUT2D eigenvalue weighted by atomic mass is 10.1. The number of nitrogens with zero attached hydrogens (tertiary/aromatic N) is 1. The van der Waals surface area contributed by atoms with Crippen molar-refractivity contribution in [2.24, 2.45) is 0 Å². The molecule has 0 amide bonds. The Morgan fingerprint density at radius 3 is 2.45 bits per heavy atom. The van der Waals surface area contributed by atoms with Gasteiger partial charge in [0, 0.05) is 33.6 Å². The minimum absolute atomic E-state index is 0.174. The molecule has 0 aliphatic carbocycles. The number of fused-ring (bicyclic) bond motifs is 1. The quantitative estimate of drug-likeness (QED) is 0.427. The van der Waals surface area contributed by atoms with Crippen molar-refractivity contribution in [3.05, 3.63) is 70.1 Å². The third-order valence-electron chi connectivity index (χ3n) is 4.69. The van der Waals surface area contributed by atoms with E-state index in [9.17, 15) is 13.2 Å². The van der Waals surface area contributed by atoms with Crippen molar-refractivity contribution in [1.29, 1.82) is 0 Å². The van der Waals surface area contributed by atoms with E-state index in [0.717, 1.165) is 15.0 Å². The predicted octanol–water partition coefficient (Wildman–Crippen LogP) is 4.47. The molecule has 8 heteroatoms. The van der Waals surface area contributed by atoms with Crippen molar-refractivity contribution in [3.8, 4) is 0 Å². The van der Waals surface area contributed by atoms with Crippen LogP contribution in [0.5, 0.6) is 0 Å². The number of allylic oxidation sites excluding steroid dienone is 1. The number of morpholine rings is 1. The monoisotopic (exact) mass is 447 g/mol. The Morgan fingerprint density at radius 1 is 1.07 bits per heavy atom. The van der Waals surface area contributed by atoms with E-state index in [-0.39, 0.29) is 10.7 Å². The molecule has 3 aromatic rings. The van der Waals surface area contributed by atoms with E-state index in [4.69, 9.17) is 16.3 Å². The normalized spacial score (nSPS) is 15.9. The van der Waals surface area contributed by atoms with Gasteiger partial charge < -0.3 is 4.74 Å². The molecule has 1 aromatic heterocycles. The van der Waals surface area contributed by atoms with Gasteiger partial charge in [0.1, 0.15) is 0 Å². The highest BCUT2D eigenvalue weighted by Gasteiger charge is 2.26. The van der Waals surface area contributed by atoms with Gasteiger partial charge in [0.2, 0.25) is 10.0 Å². The minimum atomic E-state index is -3.57. The molecule has 29 heavy (non-hydrogen) atoms. The molecule has 0 spiro atoms. The topological polar surface area (TPSA) is 63.7 Å². The largest absolute Gasteiger partial charge is 0.379 e. The molecule has 5 nitrogen and oxygen atoms in total. The highest BCUT2D eigenvalue weighted by molar-refractivity contribution is 7.89. The second-order valence-electron chi connectivity index (χ2n) is 6.51. The van der Waals surface area contributed by atoms with Crippen LogP contribution in [0.3, 0.4) is 0 Å². The molecule has 1 aliphatic heterocycles. The average Bonchev–Trinajstić information content (AvgIpc) is 3.08. The van der Waals surface area contributed by atoms with Crippen LogP contribution in [0.1, 0.15) is 15.2 Å². The number of thiophene rings is 1. The van der Waals surface area contributed by atoms with Gasteiger partial charge in [-0.15, -0.1) is 11.3 Å². The number of carbonyl (C=O) groups excluding carboxylic acids is 1. The standard InChI is InChI=1S/C21H18ClNO4S2/c22-21-17-3-1-2-4-19(17)28-20(21)10-9-18(24)15-5-7-16(8-6-15)29(25,26)23-11-13-27-14-12-23/h1-10H,11-14H2. The Kier molecular flexibility index (Phi) is 5.85. The molecule has 1 fully saturated rings. The summed E-state index contributed by atoms with van der Waals surface area (Å²) in [7, 11) is -3.57. The van der Waals surface area contributed by atoms with Gasteiger partial charge in [-0.2, -0.15) is 4.31 Å². The maximum Gasteiger partial charge on any atom is 0.243 e. The fourth-order valence-electron chi connectivity index (χ4n) is 3.11. The van der Waals surface area contributed by atoms with Crippen LogP contribution < -0.4 is 0 Å². The highest BCUT2D eigenvalue weighted by atomic mass is 35.5. The van der Waals surface area contributed by atoms with Crippen LogP contribution >= 0.6 is 22.9 Å². The Morgan fingerprint density at radius 2 is 1.76 bits per heavy atom. The van der Waals surface area contributed by atoms with Crippen LogP contribution in [0.4, 0.5) is 0 Å². The SMILES string of the molecule is O=C(C=Cc1sc2ccccc2c1Cl)c1ccc(S(=O)(=O)N2CCOCC2)cc1. The molecule has 0 N–H and O–H groups in total. The Labute approximate surface area is 178 Å². The van der Waals surface area contributed by atoms with E-state index in [1.54, 1.807) is 6.08 Å². The van der Waals surface area contributed by atoms with Gasteiger partial charge in [-0.3, -0.25) is 4.79 Å². The second-order valence-corrected chi connectivity index (χ2v) is 9.91. The number of hydrogen-bond acceptors (Lipinski definition) is 5. The summed E-state index contributed by atoms with van der Waals surface area (Å²) in [5, 5.41) is 1.59. The molecule has 1 saturated heterocycles. The Hall–Kier alpha value is -2.03. The minimum Gasteiger partial charge on any atom is -0.379 e. The number of sulfonamides is 1. The van der Waals surface area contributed by atoms with Crippen molar-refractivity contribution in [1.82, 2.24) is 4.31 Å². The first-order chi connectivity index (χ1) is 14.0. The summed E-state index contributed by atoms with van der Waals surface area (Å²) in [6.45, 7) is 1.45. The molecule has 0 atom stereocenters. The first-order valence-corrected chi connectivity index (χ1v) is 11.7. The summed E-state index contributed by atoms with van der Waals surface area (Å²) in [4.78, 5) is 13.5. The van der Waals surface area contributed by atoms with Crippen LogP contribution in [-0.4, -0.2) is 44.8 Å². The maximum absolute atomic E-state index is 12.7. The molecular weight excluding hydrogens is 430 g/mol. The summed E-state index contributed by atoms with van der Waals surface area (Å²) in [5.41, 5.74) is 0.416. The zero-order chi connectivity index (χ0) is 20.4. The maximum atomic E-state index is 12.7. The predicted molar refractivity (Wildman–Crippen MR) is 116 cm³/mol. The fraction of sp³-hybridized carbons (Fsp3) is 0.190. The first-order valence-electron chi connectivity index (χ1n) is 9.04. The highest BCUT2D eigenvalue weighted by Crippen LogP contribution is 2.36. The zero-order valence-electron chi connectivity index (χ0n) is 15.4. The van der Waals surface area contributed by atoms with Crippen LogP contribution in [0.15, 0.2) is 59.5 Å². The molecule has 150 valence electrons. The molecular formula is C21H18ClNO4S2. The second kappa shape index (κ2) is 8.38. The number of ether oxygens (including phenoxy) is 1. The number of benzene rings is 2. The first kappa shape index (κ1) is 20.3. The lowest BCUT2D eigenvalue weighted by Gasteiger charge is -2.26. The molecule has 4 rings (SSSR count). The van der Waals surface area contributed by atoms with E-state index in [0.29, 0.717) is 36.9 Å². The van der Waals surface area contributed by atoms with Crippen molar-refractivity contribution in [2.75, 3.05) is 26.3 Å². The van der Waals surface area contributed by atoms with Gasteiger partial charge >= 0.3 is 0 Å². The van der Waals surface area contributed by atoms with Gasteiger partial charge in [-0.25, -0.2) is 8.42 Å². The van der Waals surface area contributed by atoms with Crippen molar-refractivity contribution in [3.63, 3.8) is 0 Å². The molecule has 2 heterocycles. The summed E-state index contributed by atoms with van der Waals surface area (Å²) < 4.78 is 33.0. The lowest BCUT2D eigenvalue weighted by Crippen LogP contribution is -2.40.